The second-order valence-corrected chi connectivity index (χ2v) is 15.3. The molecule has 2 aromatic heterocycles. The summed E-state index contributed by atoms with van der Waals surface area (Å²) < 4.78 is 37.5. The fourth-order valence-corrected chi connectivity index (χ4v) is 8.64. The van der Waals surface area contributed by atoms with Crippen LogP contribution in [0.15, 0.2) is 12.3 Å². The molecule has 4 heterocycles. The van der Waals surface area contributed by atoms with Gasteiger partial charge < -0.3 is 15.5 Å². The van der Waals surface area contributed by atoms with Crippen molar-refractivity contribution in [3.05, 3.63) is 28.5 Å². The number of hydrogen-bond donors (Lipinski definition) is 2. The summed E-state index contributed by atoms with van der Waals surface area (Å²) in [5, 5.41) is 6.72. The molecule has 9 nitrogen and oxygen atoms in total. The van der Waals surface area contributed by atoms with Crippen molar-refractivity contribution in [2.24, 2.45) is 0 Å². The number of amides is 2. The number of halogens is 1. The van der Waals surface area contributed by atoms with E-state index in [9.17, 15) is 22.4 Å². The highest BCUT2D eigenvalue weighted by Gasteiger charge is 2.34. The number of hydrogen-bond acceptors (Lipinski definition) is 8. The Labute approximate surface area is 244 Å². The van der Waals surface area contributed by atoms with Crippen LogP contribution in [0.3, 0.4) is 0 Å². The Kier molecular flexibility index (Phi) is 8.31. The van der Waals surface area contributed by atoms with Gasteiger partial charge in [-0.05, 0) is 68.9 Å². The first-order chi connectivity index (χ1) is 19.8. The molecule has 12 heteroatoms. The minimum Gasteiger partial charge on any atom is -0.367 e. The molecule has 41 heavy (non-hydrogen) atoms. The lowest BCUT2D eigenvalue weighted by Crippen LogP contribution is -2.41. The standard InChI is InChI=1S/C29H38FN5O4S2/c30-19-8-12-35(13-9-19)29(37)25-26(40-28(34-25)27(36)33-21-10-14-41(38,39)15-11-21)23-17-31-24(16-22(23)18-6-7-18)32-20-4-2-1-3-5-20/h16-21H,1-15H2,(H,31,32)(H,33,36). The van der Waals surface area contributed by atoms with Crippen molar-refractivity contribution in [1.82, 2.24) is 20.2 Å². The molecule has 6 rings (SSSR count). The Hall–Kier alpha value is -2.60. The van der Waals surface area contributed by atoms with Crippen LogP contribution in [0.1, 0.15) is 102 Å². The molecule has 2 amide bonds. The molecule has 0 unspecified atom stereocenters. The minimum absolute atomic E-state index is 0.0486. The van der Waals surface area contributed by atoms with Gasteiger partial charge in [-0.15, -0.1) is 11.3 Å². The highest BCUT2D eigenvalue weighted by Crippen LogP contribution is 2.47. The summed E-state index contributed by atoms with van der Waals surface area (Å²) in [6.45, 7) is 0.625. The number of nitrogens with zero attached hydrogens (tertiary/aromatic N) is 3. The zero-order valence-electron chi connectivity index (χ0n) is 23.2. The van der Waals surface area contributed by atoms with Gasteiger partial charge in [-0.1, -0.05) is 19.3 Å². The molecular formula is C29H38FN5O4S2. The molecule has 222 valence electrons. The number of sulfone groups is 1. The van der Waals surface area contributed by atoms with E-state index in [4.69, 9.17) is 4.98 Å². The molecule has 0 atom stereocenters. The van der Waals surface area contributed by atoms with E-state index < -0.39 is 21.9 Å². The van der Waals surface area contributed by atoms with E-state index in [-0.39, 0.29) is 34.2 Å². The predicted octanol–water partition coefficient (Wildman–Crippen LogP) is 4.71. The number of nitrogens with one attached hydrogen (secondary N) is 2. The normalized spacial score (nSPS) is 22.4. The summed E-state index contributed by atoms with van der Waals surface area (Å²) in [6, 6.07) is 2.26. The smallest absolute Gasteiger partial charge is 0.280 e. The second-order valence-electron chi connectivity index (χ2n) is 12.0. The van der Waals surface area contributed by atoms with Crippen LogP contribution < -0.4 is 10.6 Å². The Morgan fingerprint density at radius 3 is 2.34 bits per heavy atom. The van der Waals surface area contributed by atoms with Crippen LogP contribution in [0, 0.1) is 0 Å². The third-order valence-electron chi connectivity index (χ3n) is 8.78. The highest BCUT2D eigenvalue weighted by molar-refractivity contribution is 7.91. The van der Waals surface area contributed by atoms with Crippen LogP contribution >= 0.6 is 11.3 Å². The van der Waals surface area contributed by atoms with Crippen molar-refractivity contribution in [3.8, 4) is 10.4 Å². The summed E-state index contributed by atoms with van der Waals surface area (Å²) in [5.41, 5.74) is 2.15. The number of piperidine rings is 1. The lowest BCUT2D eigenvalue weighted by Gasteiger charge is -2.28. The van der Waals surface area contributed by atoms with Crippen LogP contribution in [-0.2, 0) is 9.84 Å². The van der Waals surface area contributed by atoms with E-state index in [1.165, 1.54) is 30.6 Å². The van der Waals surface area contributed by atoms with Gasteiger partial charge in [0.1, 0.15) is 27.5 Å². The first-order valence-electron chi connectivity index (χ1n) is 15.0. The highest BCUT2D eigenvalue weighted by atomic mass is 32.2. The molecule has 0 bridgehead atoms. The Morgan fingerprint density at radius 1 is 0.951 bits per heavy atom. The van der Waals surface area contributed by atoms with E-state index >= 15 is 0 Å². The van der Waals surface area contributed by atoms with Crippen molar-refractivity contribution in [1.29, 1.82) is 0 Å². The van der Waals surface area contributed by atoms with Crippen LogP contribution in [-0.4, -0.2) is 78.0 Å². The molecule has 0 aromatic carbocycles. The first kappa shape index (κ1) is 28.5. The largest absolute Gasteiger partial charge is 0.367 e. The van der Waals surface area contributed by atoms with Gasteiger partial charge in [0.2, 0.25) is 0 Å². The van der Waals surface area contributed by atoms with Crippen LogP contribution in [0.25, 0.3) is 10.4 Å². The number of aromatic nitrogens is 2. The third-order valence-corrected chi connectivity index (χ3v) is 11.6. The lowest BCUT2D eigenvalue weighted by atomic mass is 9.95. The average molecular weight is 604 g/mol. The topological polar surface area (TPSA) is 121 Å². The van der Waals surface area contributed by atoms with E-state index in [0.29, 0.717) is 55.6 Å². The first-order valence-corrected chi connectivity index (χ1v) is 17.6. The zero-order valence-corrected chi connectivity index (χ0v) is 24.9. The third kappa shape index (κ3) is 6.74. The number of carbonyl (C=O) groups excluding carboxylic acids is 2. The van der Waals surface area contributed by atoms with Crippen LogP contribution in [0.2, 0.25) is 0 Å². The maximum atomic E-state index is 13.8. The molecular weight excluding hydrogens is 565 g/mol. The van der Waals surface area contributed by atoms with Crippen molar-refractivity contribution >= 4 is 38.8 Å². The maximum absolute atomic E-state index is 13.8. The average Bonchev–Trinajstić information content (AvgIpc) is 3.72. The second kappa shape index (κ2) is 11.9. The lowest BCUT2D eigenvalue weighted by molar-refractivity contribution is 0.0662. The van der Waals surface area contributed by atoms with Crippen molar-refractivity contribution in [2.45, 2.75) is 94.8 Å². The molecule has 0 spiro atoms. The fraction of sp³-hybridized carbons (Fsp3) is 0.655. The quantitative estimate of drug-likeness (QED) is 0.470. The van der Waals surface area contributed by atoms with Gasteiger partial charge in [0.25, 0.3) is 11.8 Å². The van der Waals surface area contributed by atoms with Gasteiger partial charge in [-0.2, -0.15) is 0 Å². The molecule has 2 saturated carbocycles. The molecule has 4 fully saturated rings. The van der Waals surface area contributed by atoms with E-state index in [1.807, 2.05) is 6.20 Å². The van der Waals surface area contributed by atoms with Crippen LogP contribution in [0.5, 0.6) is 0 Å². The number of thiazole rings is 1. The predicted molar refractivity (Wildman–Crippen MR) is 157 cm³/mol. The summed E-state index contributed by atoms with van der Waals surface area (Å²) in [6.07, 6.45) is 10.3. The van der Waals surface area contributed by atoms with Gasteiger partial charge in [-0.25, -0.2) is 22.8 Å². The van der Waals surface area contributed by atoms with Gasteiger partial charge in [0.15, 0.2) is 5.01 Å². The number of likely N-dealkylation sites (tertiary alicyclic amines) is 1. The summed E-state index contributed by atoms with van der Waals surface area (Å²) >= 11 is 1.18. The summed E-state index contributed by atoms with van der Waals surface area (Å²) in [4.78, 5) is 38.6. The van der Waals surface area contributed by atoms with E-state index in [1.54, 1.807) is 4.90 Å². The number of anilines is 1. The molecule has 2 N–H and O–H groups in total. The SMILES string of the molecule is O=C(NC1CCS(=O)(=O)CC1)c1nc(C(=O)N2CCC(F)CC2)c(-c2cnc(NC3CCCCC3)cc2C2CC2)s1. The minimum atomic E-state index is -3.06. The number of alkyl halides is 1. The van der Waals surface area contributed by atoms with Gasteiger partial charge in [0.05, 0.1) is 16.4 Å². The Bertz CT molecular complexity index is 1380. The van der Waals surface area contributed by atoms with E-state index in [0.717, 1.165) is 42.6 Å². The van der Waals surface area contributed by atoms with Gasteiger partial charge in [-0.3, -0.25) is 9.59 Å². The molecule has 2 saturated heterocycles. The van der Waals surface area contributed by atoms with E-state index in [2.05, 4.69) is 21.7 Å². The number of carbonyl (C=O) groups is 2. The Morgan fingerprint density at radius 2 is 1.66 bits per heavy atom. The maximum Gasteiger partial charge on any atom is 0.280 e. The van der Waals surface area contributed by atoms with Crippen molar-refractivity contribution < 1.29 is 22.4 Å². The molecule has 2 aliphatic carbocycles. The fourth-order valence-electron chi connectivity index (χ4n) is 6.15. The van der Waals surface area contributed by atoms with Crippen molar-refractivity contribution in [2.75, 3.05) is 29.9 Å². The number of rotatable bonds is 7. The molecule has 4 aliphatic rings. The summed E-state index contributed by atoms with van der Waals surface area (Å²) in [5.74, 6) is 0.611. The summed E-state index contributed by atoms with van der Waals surface area (Å²) in [7, 11) is -3.06. The van der Waals surface area contributed by atoms with Crippen LogP contribution in [0.4, 0.5) is 10.2 Å². The van der Waals surface area contributed by atoms with Gasteiger partial charge >= 0.3 is 0 Å². The monoisotopic (exact) mass is 603 g/mol. The number of pyridine rings is 1. The molecule has 0 radical (unpaired) electrons. The zero-order chi connectivity index (χ0) is 28.6. The van der Waals surface area contributed by atoms with Crippen molar-refractivity contribution in [3.63, 3.8) is 0 Å². The Balaban J connectivity index is 1.30. The molecule has 2 aromatic rings. The molecule has 2 aliphatic heterocycles. The van der Waals surface area contributed by atoms with Gasteiger partial charge in [0, 0.05) is 36.9 Å².